The number of rotatable bonds is 3. The minimum atomic E-state index is -0.386. The van der Waals surface area contributed by atoms with Crippen LogP contribution < -0.4 is 5.73 Å². The van der Waals surface area contributed by atoms with E-state index in [-0.39, 0.29) is 11.6 Å². The molecule has 1 aliphatic rings. The van der Waals surface area contributed by atoms with E-state index >= 15 is 0 Å². The van der Waals surface area contributed by atoms with Crippen LogP contribution in [0, 0.1) is 11.6 Å². The van der Waals surface area contributed by atoms with Crippen LogP contribution in [0.15, 0.2) is 18.2 Å². The number of likely N-dealkylation sites (tertiary alicyclic amines) is 1. The van der Waals surface area contributed by atoms with Gasteiger partial charge in [-0.15, -0.1) is 0 Å². The molecule has 1 fully saturated rings. The van der Waals surface area contributed by atoms with Gasteiger partial charge in [-0.2, -0.15) is 0 Å². The van der Waals surface area contributed by atoms with Crippen molar-refractivity contribution in [1.29, 1.82) is 0 Å². The van der Waals surface area contributed by atoms with Crippen molar-refractivity contribution in [3.63, 3.8) is 0 Å². The molecule has 1 aromatic rings. The quantitative estimate of drug-likeness (QED) is 0.878. The van der Waals surface area contributed by atoms with Crippen LogP contribution in [0.4, 0.5) is 8.78 Å². The van der Waals surface area contributed by atoms with Gasteiger partial charge < -0.3 is 5.73 Å². The van der Waals surface area contributed by atoms with E-state index in [1.54, 1.807) is 0 Å². The first-order valence-electron chi connectivity index (χ1n) is 6.08. The van der Waals surface area contributed by atoms with Gasteiger partial charge in [0.25, 0.3) is 0 Å². The monoisotopic (exact) mass is 240 g/mol. The summed E-state index contributed by atoms with van der Waals surface area (Å²) < 4.78 is 26.6. The van der Waals surface area contributed by atoms with Crippen LogP contribution in [0.3, 0.4) is 0 Å². The summed E-state index contributed by atoms with van der Waals surface area (Å²) >= 11 is 0. The van der Waals surface area contributed by atoms with Crippen molar-refractivity contribution in [2.24, 2.45) is 5.73 Å². The molecule has 1 saturated heterocycles. The van der Waals surface area contributed by atoms with Gasteiger partial charge in [0.1, 0.15) is 11.6 Å². The second-order valence-corrected chi connectivity index (χ2v) is 4.59. The molecule has 0 radical (unpaired) electrons. The average Bonchev–Trinajstić information content (AvgIpc) is 2.34. The summed E-state index contributed by atoms with van der Waals surface area (Å²) in [7, 11) is 0. The lowest BCUT2D eigenvalue weighted by Gasteiger charge is -2.35. The fourth-order valence-electron chi connectivity index (χ4n) is 2.42. The fourth-order valence-corrected chi connectivity index (χ4v) is 2.42. The summed E-state index contributed by atoms with van der Waals surface area (Å²) in [6.07, 6.45) is 3.32. The highest BCUT2D eigenvalue weighted by Gasteiger charge is 2.22. The van der Waals surface area contributed by atoms with E-state index in [4.69, 9.17) is 5.73 Å². The van der Waals surface area contributed by atoms with Crippen LogP contribution >= 0.6 is 0 Å². The molecule has 1 aromatic carbocycles. The Bertz CT molecular complexity index is 382. The SMILES string of the molecule is NCC1CCCCN1Cc1cc(F)ccc1F. The van der Waals surface area contributed by atoms with Gasteiger partial charge in [0.05, 0.1) is 0 Å². The summed E-state index contributed by atoms with van der Waals surface area (Å²) in [4.78, 5) is 2.15. The first kappa shape index (κ1) is 12.5. The summed E-state index contributed by atoms with van der Waals surface area (Å²) in [5, 5.41) is 0. The minimum Gasteiger partial charge on any atom is -0.329 e. The molecular weight excluding hydrogens is 222 g/mol. The zero-order chi connectivity index (χ0) is 12.3. The Morgan fingerprint density at radius 1 is 1.29 bits per heavy atom. The minimum absolute atomic E-state index is 0.298. The molecule has 17 heavy (non-hydrogen) atoms. The molecular formula is C13H18F2N2. The third kappa shape index (κ3) is 3.01. The lowest BCUT2D eigenvalue weighted by atomic mass is 10.0. The standard InChI is InChI=1S/C13H18F2N2/c14-11-4-5-13(15)10(7-11)9-17-6-2-1-3-12(17)8-16/h4-5,7,12H,1-3,6,8-9,16H2. The van der Waals surface area contributed by atoms with Crippen molar-refractivity contribution in [2.45, 2.75) is 31.8 Å². The molecule has 0 aromatic heterocycles. The third-order valence-electron chi connectivity index (χ3n) is 3.40. The highest BCUT2D eigenvalue weighted by atomic mass is 19.1. The van der Waals surface area contributed by atoms with E-state index < -0.39 is 0 Å². The van der Waals surface area contributed by atoms with E-state index in [1.807, 2.05) is 0 Å². The van der Waals surface area contributed by atoms with Crippen LogP contribution in [0.2, 0.25) is 0 Å². The van der Waals surface area contributed by atoms with E-state index in [0.717, 1.165) is 25.5 Å². The van der Waals surface area contributed by atoms with Crippen LogP contribution in [0.25, 0.3) is 0 Å². The van der Waals surface area contributed by atoms with E-state index in [2.05, 4.69) is 4.90 Å². The fraction of sp³-hybridized carbons (Fsp3) is 0.538. The highest BCUT2D eigenvalue weighted by molar-refractivity contribution is 5.18. The lowest BCUT2D eigenvalue weighted by molar-refractivity contribution is 0.143. The number of halogens is 2. The maximum atomic E-state index is 13.5. The molecule has 4 heteroatoms. The molecule has 2 N–H and O–H groups in total. The number of hydrogen-bond acceptors (Lipinski definition) is 2. The van der Waals surface area contributed by atoms with Crippen LogP contribution in [0.1, 0.15) is 24.8 Å². The van der Waals surface area contributed by atoms with Gasteiger partial charge in [-0.3, -0.25) is 4.90 Å². The second kappa shape index (κ2) is 5.56. The van der Waals surface area contributed by atoms with Gasteiger partial charge >= 0.3 is 0 Å². The van der Waals surface area contributed by atoms with Crippen molar-refractivity contribution in [3.8, 4) is 0 Å². The predicted octanol–water partition coefficient (Wildman–Crippen LogP) is 2.28. The Hall–Kier alpha value is -1.00. The number of benzene rings is 1. The molecule has 94 valence electrons. The largest absolute Gasteiger partial charge is 0.329 e. The van der Waals surface area contributed by atoms with Gasteiger partial charge in [-0.25, -0.2) is 8.78 Å². The molecule has 0 amide bonds. The summed E-state index contributed by atoms with van der Waals surface area (Å²) in [6, 6.07) is 3.91. The Balaban J connectivity index is 2.10. The van der Waals surface area contributed by atoms with Crippen LogP contribution in [-0.2, 0) is 6.54 Å². The number of nitrogens with zero attached hydrogens (tertiary/aromatic N) is 1. The summed E-state index contributed by atoms with van der Waals surface area (Å²) in [5.74, 6) is -0.726. The molecule has 0 aliphatic carbocycles. The van der Waals surface area contributed by atoms with Crippen molar-refractivity contribution in [3.05, 3.63) is 35.4 Å². The molecule has 1 unspecified atom stereocenters. The number of hydrogen-bond donors (Lipinski definition) is 1. The zero-order valence-electron chi connectivity index (χ0n) is 9.83. The molecule has 1 atom stereocenters. The summed E-state index contributed by atoms with van der Waals surface area (Å²) in [6.45, 7) is 1.94. The predicted molar refractivity (Wildman–Crippen MR) is 63.5 cm³/mol. The van der Waals surface area contributed by atoms with Crippen LogP contribution in [-0.4, -0.2) is 24.0 Å². The van der Waals surface area contributed by atoms with Crippen molar-refractivity contribution < 1.29 is 8.78 Å². The third-order valence-corrected chi connectivity index (χ3v) is 3.40. The average molecular weight is 240 g/mol. The van der Waals surface area contributed by atoms with Crippen molar-refractivity contribution >= 4 is 0 Å². The molecule has 2 nitrogen and oxygen atoms in total. The molecule has 2 rings (SSSR count). The summed E-state index contributed by atoms with van der Waals surface area (Å²) in [5.41, 5.74) is 6.13. The first-order chi connectivity index (χ1) is 8.20. The number of nitrogens with two attached hydrogens (primary N) is 1. The van der Waals surface area contributed by atoms with Gasteiger partial charge in [0.2, 0.25) is 0 Å². The van der Waals surface area contributed by atoms with Crippen molar-refractivity contribution in [2.75, 3.05) is 13.1 Å². The van der Waals surface area contributed by atoms with E-state index in [9.17, 15) is 8.78 Å². The normalized spacial score (nSPS) is 21.7. The Kier molecular flexibility index (Phi) is 4.07. The van der Waals surface area contributed by atoms with E-state index in [1.165, 1.54) is 18.6 Å². The maximum absolute atomic E-state index is 13.5. The number of piperidine rings is 1. The van der Waals surface area contributed by atoms with Gasteiger partial charge in [0, 0.05) is 24.7 Å². The Labute approximate surface area is 100 Å². The smallest absolute Gasteiger partial charge is 0.127 e. The molecule has 0 bridgehead atoms. The van der Waals surface area contributed by atoms with Crippen molar-refractivity contribution in [1.82, 2.24) is 4.90 Å². The Morgan fingerprint density at radius 2 is 2.12 bits per heavy atom. The second-order valence-electron chi connectivity index (χ2n) is 4.59. The Morgan fingerprint density at radius 3 is 2.88 bits per heavy atom. The van der Waals surface area contributed by atoms with E-state index in [0.29, 0.717) is 24.7 Å². The topological polar surface area (TPSA) is 29.3 Å². The molecule has 1 heterocycles. The van der Waals surface area contributed by atoms with Gasteiger partial charge in [-0.05, 0) is 37.6 Å². The molecule has 0 spiro atoms. The first-order valence-corrected chi connectivity index (χ1v) is 6.08. The van der Waals surface area contributed by atoms with Crippen LogP contribution in [0.5, 0.6) is 0 Å². The molecule has 0 saturated carbocycles. The lowest BCUT2D eigenvalue weighted by Crippen LogP contribution is -2.43. The van der Waals surface area contributed by atoms with Gasteiger partial charge in [0.15, 0.2) is 0 Å². The van der Waals surface area contributed by atoms with Gasteiger partial charge in [-0.1, -0.05) is 6.42 Å². The molecule has 1 aliphatic heterocycles. The zero-order valence-corrected chi connectivity index (χ0v) is 9.83. The maximum Gasteiger partial charge on any atom is 0.127 e. The highest BCUT2D eigenvalue weighted by Crippen LogP contribution is 2.20.